The molecule has 1 heteroatoms. The highest BCUT2D eigenvalue weighted by atomic mass is 16.1. The summed E-state index contributed by atoms with van der Waals surface area (Å²) in [5, 5.41) is 0. The SMILES string of the molecule is O=C1C[C@H]2C[C@H](C1)c1ccccc12. The molecule has 2 atom stereocenters. The highest BCUT2D eigenvalue weighted by molar-refractivity contribution is 5.82. The van der Waals surface area contributed by atoms with E-state index in [9.17, 15) is 4.79 Å². The highest BCUT2D eigenvalue weighted by Crippen LogP contribution is 2.48. The molecule has 0 unspecified atom stereocenters. The fraction of sp³-hybridized carbons (Fsp3) is 0.417. The number of carbonyl (C=O) groups is 1. The molecular weight excluding hydrogens is 160 g/mol. The van der Waals surface area contributed by atoms with Crippen LogP contribution in [0.2, 0.25) is 0 Å². The van der Waals surface area contributed by atoms with Crippen molar-refractivity contribution < 1.29 is 4.79 Å². The van der Waals surface area contributed by atoms with E-state index in [0.29, 0.717) is 17.6 Å². The summed E-state index contributed by atoms with van der Waals surface area (Å²) in [6, 6.07) is 8.56. The van der Waals surface area contributed by atoms with Gasteiger partial charge in [-0.1, -0.05) is 24.3 Å². The molecule has 2 aliphatic carbocycles. The molecule has 66 valence electrons. The van der Waals surface area contributed by atoms with Crippen molar-refractivity contribution in [3.05, 3.63) is 35.4 Å². The molecule has 0 saturated heterocycles. The second-order valence-electron chi connectivity index (χ2n) is 4.21. The van der Waals surface area contributed by atoms with Crippen molar-refractivity contribution in [3.63, 3.8) is 0 Å². The van der Waals surface area contributed by atoms with Gasteiger partial charge in [0.25, 0.3) is 0 Å². The van der Waals surface area contributed by atoms with E-state index >= 15 is 0 Å². The van der Waals surface area contributed by atoms with E-state index in [1.54, 1.807) is 0 Å². The van der Waals surface area contributed by atoms with Gasteiger partial charge in [-0.05, 0) is 29.4 Å². The maximum Gasteiger partial charge on any atom is 0.134 e. The quantitative estimate of drug-likeness (QED) is 0.588. The first-order valence-electron chi connectivity index (χ1n) is 4.95. The van der Waals surface area contributed by atoms with Crippen molar-refractivity contribution >= 4 is 5.78 Å². The summed E-state index contributed by atoms with van der Waals surface area (Å²) in [5.41, 5.74) is 2.89. The molecule has 0 spiro atoms. The molecule has 1 aromatic carbocycles. The second kappa shape index (κ2) is 2.44. The van der Waals surface area contributed by atoms with Gasteiger partial charge < -0.3 is 0 Å². The Morgan fingerprint density at radius 3 is 2.08 bits per heavy atom. The summed E-state index contributed by atoms with van der Waals surface area (Å²) in [5.74, 6) is 1.54. The Morgan fingerprint density at radius 2 is 1.54 bits per heavy atom. The fourth-order valence-electron chi connectivity index (χ4n) is 2.87. The van der Waals surface area contributed by atoms with Crippen LogP contribution in [0, 0.1) is 0 Å². The molecule has 0 N–H and O–H groups in total. The third-order valence-electron chi connectivity index (χ3n) is 3.39. The fourth-order valence-corrected chi connectivity index (χ4v) is 2.87. The lowest BCUT2D eigenvalue weighted by atomic mass is 9.86. The lowest BCUT2D eigenvalue weighted by Crippen LogP contribution is -2.12. The van der Waals surface area contributed by atoms with Crippen LogP contribution in [0.15, 0.2) is 24.3 Å². The molecule has 13 heavy (non-hydrogen) atoms. The smallest absolute Gasteiger partial charge is 0.134 e. The van der Waals surface area contributed by atoms with Gasteiger partial charge in [-0.25, -0.2) is 0 Å². The number of ketones is 1. The molecule has 1 saturated carbocycles. The first-order chi connectivity index (χ1) is 6.34. The normalized spacial score (nSPS) is 30.3. The van der Waals surface area contributed by atoms with Gasteiger partial charge in [0.2, 0.25) is 0 Å². The third kappa shape index (κ3) is 0.963. The van der Waals surface area contributed by atoms with Gasteiger partial charge >= 0.3 is 0 Å². The molecule has 1 aromatic rings. The van der Waals surface area contributed by atoms with Crippen LogP contribution in [0.3, 0.4) is 0 Å². The Morgan fingerprint density at radius 1 is 1.00 bits per heavy atom. The molecule has 3 rings (SSSR count). The van der Waals surface area contributed by atoms with Crippen LogP contribution >= 0.6 is 0 Å². The van der Waals surface area contributed by atoms with Crippen molar-refractivity contribution in [2.24, 2.45) is 0 Å². The number of Topliss-reactive ketones (excluding diaryl/α,β-unsaturated/α-hetero) is 1. The van der Waals surface area contributed by atoms with E-state index < -0.39 is 0 Å². The Labute approximate surface area is 77.8 Å². The van der Waals surface area contributed by atoms with E-state index in [0.717, 1.165) is 12.8 Å². The van der Waals surface area contributed by atoms with E-state index in [1.165, 1.54) is 17.5 Å². The topological polar surface area (TPSA) is 17.1 Å². The molecule has 0 heterocycles. The summed E-state index contributed by atoms with van der Waals surface area (Å²) in [4.78, 5) is 11.4. The van der Waals surface area contributed by atoms with Crippen molar-refractivity contribution in [2.45, 2.75) is 31.1 Å². The first-order valence-corrected chi connectivity index (χ1v) is 4.95. The minimum atomic E-state index is 0.456. The van der Waals surface area contributed by atoms with Gasteiger partial charge in [0.1, 0.15) is 5.78 Å². The van der Waals surface area contributed by atoms with Crippen LogP contribution < -0.4 is 0 Å². The van der Waals surface area contributed by atoms with Crippen molar-refractivity contribution in [1.29, 1.82) is 0 Å². The Balaban J connectivity index is 2.14. The van der Waals surface area contributed by atoms with Gasteiger partial charge in [-0.3, -0.25) is 4.79 Å². The summed E-state index contributed by atoms with van der Waals surface area (Å²) in [6.45, 7) is 0. The average molecular weight is 172 g/mol. The zero-order valence-electron chi connectivity index (χ0n) is 7.49. The number of fused-ring (bicyclic) bond motifs is 5. The molecule has 0 amide bonds. The van der Waals surface area contributed by atoms with Crippen LogP contribution in [0.4, 0.5) is 0 Å². The molecule has 1 fully saturated rings. The number of rotatable bonds is 0. The van der Waals surface area contributed by atoms with Crippen LogP contribution in [0.1, 0.15) is 42.2 Å². The number of hydrogen-bond donors (Lipinski definition) is 0. The number of benzene rings is 1. The lowest BCUT2D eigenvalue weighted by Gasteiger charge is -2.17. The van der Waals surface area contributed by atoms with E-state index in [-0.39, 0.29) is 0 Å². The largest absolute Gasteiger partial charge is 0.300 e. The van der Waals surface area contributed by atoms with E-state index in [4.69, 9.17) is 0 Å². The van der Waals surface area contributed by atoms with Gasteiger partial charge in [0.05, 0.1) is 0 Å². The number of carbonyl (C=O) groups excluding carboxylic acids is 1. The Bertz CT molecular complexity index is 334. The summed E-state index contributed by atoms with van der Waals surface area (Å²) in [6.07, 6.45) is 2.78. The van der Waals surface area contributed by atoms with Crippen LogP contribution in [0.5, 0.6) is 0 Å². The van der Waals surface area contributed by atoms with Crippen LogP contribution in [0.25, 0.3) is 0 Å². The van der Waals surface area contributed by atoms with Gasteiger partial charge in [0.15, 0.2) is 0 Å². The minimum Gasteiger partial charge on any atom is -0.300 e. The minimum absolute atomic E-state index is 0.456. The van der Waals surface area contributed by atoms with Crippen molar-refractivity contribution in [2.75, 3.05) is 0 Å². The Kier molecular flexibility index (Phi) is 1.37. The molecule has 0 aromatic heterocycles. The standard InChI is InChI=1S/C12H12O/c13-10-6-8-5-9(7-10)12-4-2-1-3-11(8)12/h1-4,8-9H,5-7H2/t8-,9-/m1/s1. The molecule has 0 aliphatic heterocycles. The molecule has 2 bridgehead atoms. The Hall–Kier alpha value is -1.11. The maximum absolute atomic E-state index is 11.4. The molecule has 0 radical (unpaired) electrons. The molecule has 2 aliphatic rings. The summed E-state index contributed by atoms with van der Waals surface area (Å²) < 4.78 is 0. The summed E-state index contributed by atoms with van der Waals surface area (Å²) in [7, 11) is 0. The summed E-state index contributed by atoms with van der Waals surface area (Å²) >= 11 is 0. The zero-order chi connectivity index (χ0) is 8.84. The van der Waals surface area contributed by atoms with E-state index in [1.807, 2.05) is 0 Å². The van der Waals surface area contributed by atoms with E-state index in [2.05, 4.69) is 24.3 Å². The van der Waals surface area contributed by atoms with Crippen molar-refractivity contribution in [1.82, 2.24) is 0 Å². The highest BCUT2D eigenvalue weighted by Gasteiger charge is 2.37. The predicted octanol–water partition coefficient (Wildman–Crippen LogP) is 2.62. The first kappa shape index (κ1) is 7.31. The lowest BCUT2D eigenvalue weighted by molar-refractivity contribution is -0.120. The van der Waals surface area contributed by atoms with Crippen molar-refractivity contribution in [3.8, 4) is 0 Å². The maximum atomic E-state index is 11.4. The van der Waals surface area contributed by atoms with Gasteiger partial charge in [0, 0.05) is 12.8 Å². The van der Waals surface area contributed by atoms with Gasteiger partial charge in [-0.2, -0.15) is 0 Å². The zero-order valence-corrected chi connectivity index (χ0v) is 7.49. The van der Waals surface area contributed by atoms with Crippen LogP contribution in [-0.2, 0) is 4.79 Å². The van der Waals surface area contributed by atoms with Gasteiger partial charge in [-0.15, -0.1) is 0 Å². The monoisotopic (exact) mass is 172 g/mol. The second-order valence-corrected chi connectivity index (χ2v) is 4.21. The predicted molar refractivity (Wildman–Crippen MR) is 50.8 cm³/mol. The molecular formula is C12H12O. The van der Waals surface area contributed by atoms with Crippen LogP contribution in [-0.4, -0.2) is 5.78 Å². The molecule has 1 nitrogen and oxygen atoms in total. The third-order valence-corrected chi connectivity index (χ3v) is 3.39. The number of hydrogen-bond acceptors (Lipinski definition) is 1. The average Bonchev–Trinajstić information content (AvgIpc) is 2.41.